The summed E-state index contributed by atoms with van der Waals surface area (Å²) in [6.07, 6.45) is 2.76. The van der Waals surface area contributed by atoms with Gasteiger partial charge in [-0.05, 0) is 38.5 Å². The van der Waals surface area contributed by atoms with Crippen molar-refractivity contribution in [2.24, 2.45) is 5.73 Å². The smallest absolute Gasteiger partial charge is 0.389 e. The maximum absolute atomic E-state index is 12.5. The average Bonchev–Trinajstić information content (AvgIpc) is 2.84. The molecule has 0 spiro atoms. The predicted molar refractivity (Wildman–Crippen MR) is 98.3 cm³/mol. The van der Waals surface area contributed by atoms with E-state index in [4.69, 9.17) is 15.0 Å². The highest BCUT2D eigenvalue weighted by molar-refractivity contribution is 7.90. The summed E-state index contributed by atoms with van der Waals surface area (Å²) in [7, 11) is -5.00. The Morgan fingerprint density at radius 3 is 2.42 bits per heavy atom. The number of hydrogen-bond donors (Lipinski definition) is 2. The minimum absolute atomic E-state index is 0.0333. The fourth-order valence-electron chi connectivity index (χ4n) is 2.95. The van der Waals surface area contributed by atoms with Gasteiger partial charge in [-0.25, -0.2) is 8.42 Å². The molecule has 26 heavy (non-hydrogen) atoms. The molecule has 3 N–H and O–H groups in total. The van der Waals surface area contributed by atoms with E-state index in [0.717, 1.165) is 5.56 Å². The van der Waals surface area contributed by atoms with Crippen LogP contribution < -0.4 is 10.4 Å². The highest BCUT2D eigenvalue weighted by Gasteiger charge is 2.58. The van der Waals surface area contributed by atoms with E-state index in [0.29, 0.717) is 0 Å². The molecule has 2 heterocycles. The van der Waals surface area contributed by atoms with Crippen LogP contribution in [-0.4, -0.2) is 31.9 Å². The van der Waals surface area contributed by atoms with E-state index in [-0.39, 0.29) is 4.90 Å². The Balaban J connectivity index is 1.84. The molecule has 1 aromatic carbocycles. The quantitative estimate of drug-likeness (QED) is 0.770. The lowest BCUT2D eigenvalue weighted by atomic mass is 9.79. The van der Waals surface area contributed by atoms with Crippen LogP contribution in [0.3, 0.4) is 0 Å². The third-order valence-electron chi connectivity index (χ3n) is 4.90. The molecule has 1 fully saturated rings. The standard InChI is InChI=1S/C17H22BN3O4S/c1-16(2)17(3,15(19)13-8-5-4-6-9-13)25-18(24-16)21-26(22,23)14-10-7-11-20-12-14/h4-12,15,21H,19H2,1-3H3. The van der Waals surface area contributed by atoms with E-state index in [1.54, 1.807) is 6.07 Å². The van der Waals surface area contributed by atoms with Gasteiger partial charge in [-0.2, -0.15) is 4.63 Å². The van der Waals surface area contributed by atoms with Crippen LogP contribution in [0.1, 0.15) is 32.4 Å². The molecule has 2 aromatic rings. The van der Waals surface area contributed by atoms with Gasteiger partial charge in [-0.3, -0.25) is 4.98 Å². The van der Waals surface area contributed by atoms with Gasteiger partial charge in [0.1, 0.15) is 0 Å². The molecule has 0 radical (unpaired) electrons. The number of hydrogen-bond acceptors (Lipinski definition) is 6. The molecule has 7 nitrogen and oxygen atoms in total. The average molecular weight is 375 g/mol. The second-order valence-corrected chi connectivity index (χ2v) is 8.60. The van der Waals surface area contributed by atoms with Gasteiger partial charge in [0.25, 0.3) is 0 Å². The zero-order valence-corrected chi connectivity index (χ0v) is 15.7. The molecule has 0 aliphatic carbocycles. The van der Waals surface area contributed by atoms with Crippen molar-refractivity contribution in [2.45, 2.75) is 42.9 Å². The molecule has 2 unspecified atom stereocenters. The number of nitrogens with one attached hydrogen (secondary N) is 1. The SMILES string of the molecule is CC1(C)OB(NS(=O)(=O)c2cccnc2)OC1(C)C(N)c1ccccc1. The van der Waals surface area contributed by atoms with Crippen LogP contribution in [0, 0.1) is 0 Å². The normalized spacial score (nSPS) is 23.8. The maximum Gasteiger partial charge on any atom is 0.570 e. The van der Waals surface area contributed by atoms with Crippen molar-refractivity contribution in [3.63, 3.8) is 0 Å². The molecule has 0 amide bonds. The topological polar surface area (TPSA) is 104 Å². The lowest BCUT2D eigenvalue weighted by Crippen LogP contribution is -2.52. The second kappa shape index (κ2) is 6.75. The second-order valence-electron chi connectivity index (χ2n) is 6.88. The van der Waals surface area contributed by atoms with E-state index in [1.807, 2.05) is 51.1 Å². The van der Waals surface area contributed by atoms with Gasteiger partial charge in [-0.1, -0.05) is 30.3 Å². The van der Waals surface area contributed by atoms with Gasteiger partial charge in [0.2, 0.25) is 10.0 Å². The summed E-state index contributed by atoms with van der Waals surface area (Å²) in [5.74, 6) is 0. The number of nitrogens with two attached hydrogens (primary N) is 1. The van der Waals surface area contributed by atoms with Gasteiger partial charge in [0, 0.05) is 12.4 Å². The Hall–Kier alpha value is -1.78. The molecule has 0 saturated carbocycles. The summed E-state index contributed by atoms with van der Waals surface area (Å²) >= 11 is 0. The number of aromatic nitrogens is 1. The maximum atomic E-state index is 12.5. The molecule has 3 rings (SSSR count). The molecule has 9 heteroatoms. The highest BCUT2D eigenvalue weighted by atomic mass is 32.2. The first-order valence-corrected chi connectivity index (χ1v) is 9.72. The molecule has 138 valence electrons. The first-order chi connectivity index (χ1) is 12.2. The summed E-state index contributed by atoms with van der Waals surface area (Å²) in [6, 6.07) is 12.0. The largest absolute Gasteiger partial charge is 0.570 e. The van der Waals surface area contributed by atoms with Crippen molar-refractivity contribution in [3.8, 4) is 0 Å². The number of benzene rings is 1. The van der Waals surface area contributed by atoms with Crippen LogP contribution in [-0.2, 0) is 19.3 Å². The Labute approximate surface area is 154 Å². The number of sulfonamides is 1. The van der Waals surface area contributed by atoms with E-state index in [2.05, 4.69) is 9.62 Å². The highest BCUT2D eigenvalue weighted by Crippen LogP contribution is 2.44. The van der Waals surface area contributed by atoms with E-state index in [1.165, 1.54) is 18.5 Å². The molecule has 1 aliphatic rings. The van der Waals surface area contributed by atoms with Gasteiger partial charge in [-0.15, -0.1) is 0 Å². The van der Waals surface area contributed by atoms with Crippen LogP contribution >= 0.6 is 0 Å². The summed E-state index contributed by atoms with van der Waals surface area (Å²) < 4.78 is 39.3. The fraction of sp³-hybridized carbons (Fsp3) is 0.353. The zero-order valence-electron chi connectivity index (χ0n) is 14.9. The van der Waals surface area contributed by atoms with Gasteiger partial charge >= 0.3 is 7.25 Å². The predicted octanol–water partition coefficient (Wildman–Crippen LogP) is 1.63. The number of rotatable bonds is 5. The van der Waals surface area contributed by atoms with Crippen LogP contribution in [0.15, 0.2) is 59.8 Å². The van der Waals surface area contributed by atoms with E-state index >= 15 is 0 Å². The van der Waals surface area contributed by atoms with Crippen molar-refractivity contribution in [2.75, 3.05) is 0 Å². The molecule has 1 aromatic heterocycles. The molecular formula is C17H22BN3O4S. The minimum Gasteiger partial charge on any atom is -0.389 e. The monoisotopic (exact) mass is 375 g/mol. The first-order valence-electron chi connectivity index (χ1n) is 8.24. The third kappa shape index (κ3) is 3.41. The van der Waals surface area contributed by atoms with Crippen molar-refractivity contribution in [3.05, 3.63) is 60.4 Å². The Morgan fingerprint density at radius 1 is 1.12 bits per heavy atom. The summed E-state index contributed by atoms with van der Waals surface area (Å²) in [4.78, 5) is 3.86. The summed E-state index contributed by atoms with van der Waals surface area (Å²) in [5, 5.41) is 0. The fourth-order valence-corrected chi connectivity index (χ4v) is 3.89. The van der Waals surface area contributed by atoms with Crippen LogP contribution in [0.5, 0.6) is 0 Å². The van der Waals surface area contributed by atoms with Crippen LogP contribution in [0.4, 0.5) is 0 Å². The Bertz CT molecular complexity index is 864. The van der Waals surface area contributed by atoms with Crippen LogP contribution in [0.2, 0.25) is 0 Å². The third-order valence-corrected chi connectivity index (χ3v) is 6.26. The summed E-state index contributed by atoms with van der Waals surface area (Å²) in [6.45, 7) is 5.48. The van der Waals surface area contributed by atoms with Gasteiger partial charge in [0.15, 0.2) is 0 Å². The van der Waals surface area contributed by atoms with Gasteiger partial charge < -0.3 is 15.0 Å². The summed E-state index contributed by atoms with van der Waals surface area (Å²) in [5.41, 5.74) is 5.56. The van der Waals surface area contributed by atoms with Crippen molar-refractivity contribution < 1.29 is 17.7 Å². The van der Waals surface area contributed by atoms with Crippen molar-refractivity contribution in [1.82, 2.24) is 9.62 Å². The zero-order chi connectivity index (χ0) is 19.0. The minimum atomic E-state index is -3.84. The van der Waals surface area contributed by atoms with E-state index < -0.39 is 34.5 Å². The molecule has 0 bridgehead atoms. The first kappa shape index (κ1) is 19.0. The Kier molecular flexibility index (Phi) is 4.93. The van der Waals surface area contributed by atoms with Crippen LogP contribution in [0.25, 0.3) is 0 Å². The molecule has 2 atom stereocenters. The van der Waals surface area contributed by atoms with Gasteiger partial charge in [0.05, 0.1) is 22.1 Å². The lowest BCUT2D eigenvalue weighted by Gasteiger charge is -2.41. The number of pyridine rings is 1. The molecular weight excluding hydrogens is 353 g/mol. The van der Waals surface area contributed by atoms with Crippen molar-refractivity contribution >= 4 is 17.3 Å². The van der Waals surface area contributed by atoms with Crippen molar-refractivity contribution in [1.29, 1.82) is 0 Å². The molecule has 1 aliphatic heterocycles. The lowest BCUT2D eigenvalue weighted by molar-refractivity contribution is -0.0293. The molecule has 1 saturated heterocycles. The Morgan fingerprint density at radius 2 is 1.81 bits per heavy atom. The number of nitrogens with zero attached hydrogens (tertiary/aromatic N) is 1. The van der Waals surface area contributed by atoms with E-state index in [9.17, 15) is 8.42 Å².